The third-order valence-electron chi connectivity index (χ3n) is 5.24. The van der Waals surface area contributed by atoms with Crippen molar-refractivity contribution in [2.24, 2.45) is 5.92 Å². The van der Waals surface area contributed by atoms with Gasteiger partial charge in [-0.25, -0.2) is 13.1 Å². The molecule has 2 saturated carbocycles. The molecule has 0 amide bonds. The van der Waals surface area contributed by atoms with Gasteiger partial charge in [0.25, 0.3) is 0 Å². The summed E-state index contributed by atoms with van der Waals surface area (Å²) in [5.74, 6) is 1.89. The summed E-state index contributed by atoms with van der Waals surface area (Å²) >= 11 is 0. The zero-order valence-corrected chi connectivity index (χ0v) is 15.5. The number of nitrogens with one attached hydrogen (secondary N) is 1. The molecule has 1 aromatic rings. The fraction of sp³-hybridized carbons (Fsp3) is 0.684. The SMILES string of the molecule is CC(C)S(=O)(=O)N[C@@H]1CCCC[C@H]1COc1ccc(C2CC2)cc1. The fourth-order valence-electron chi connectivity index (χ4n) is 3.37. The van der Waals surface area contributed by atoms with Crippen molar-refractivity contribution in [3.05, 3.63) is 29.8 Å². The van der Waals surface area contributed by atoms with Crippen LogP contribution in [0, 0.1) is 5.92 Å². The summed E-state index contributed by atoms with van der Waals surface area (Å²) < 4.78 is 33.2. The second kappa shape index (κ2) is 7.44. The molecule has 0 heterocycles. The van der Waals surface area contributed by atoms with Crippen LogP contribution in [-0.2, 0) is 10.0 Å². The zero-order valence-electron chi connectivity index (χ0n) is 14.7. The maximum Gasteiger partial charge on any atom is 0.214 e. The molecular formula is C19H29NO3S. The van der Waals surface area contributed by atoms with Gasteiger partial charge in [-0.2, -0.15) is 0 Å². The van der Waals surface area contributed by atoms with E-state index in [0.717, 1.165) is 37.4 Å². The number of hydrogen-bond donors (Lipinski definition) is 1. The highest BCUT2D eigenvalue weighted by Gasteiger charge is 2.30. The molecule has 1 aromatic carbocycles. The predicted octanol–water partition coefficient (Wildman–Crippen LogP) is 3.83. The largest absolute Gasteiger partial charge is 0.493 e. The van der Waals surface area contributed by atoms with Crippen LogP contribution in [0.15, 0.2) is 24.3 Å². The van der Waals surface area contributed by atoms with Gasteiger partial charge >= 0.3 is 0 Å². The van der Waals surface area contributed by atoms with Crippen LogP contribution in [-0.4, -0.2) is 26.3 Å². The van der Waals surface area contributed by atoms with E-state index >= 15 is 0 Å². The Morgan fingerprint density at radius 1 is 1.08 bits per heavy atom. The minimum absolute atomic E-state index is 0.00288. The van der Waals surface area contributed by atoms with Crippen molar-refractivity contribution in [1.29, 1.82) is 0 Å². The van der Waals surface area contributed by atoms with Crippen LogP contribution < -0.4 is 9.46 Å². The van der Waals surface area contributed by atoms with Crippen LogP contribution in [0.5, 0.6) is 5.75 Å². The lowest BCUT2D eigenvalue weighted by atomic mass is 9.86. The molecule has 2 fully saturated rings. The Bertz CT molecular complexity index is 635. The highest BCUT2D eigenvalue weighted by molar-refractivity contribution is 7.90. The van der Waals surface area contributed by atoms with E-state index in [0.29, 0.717) is 6.61 Å². The normalized spacial score (nSPS) is 25.0. The number of rotatable bonds is 7. The maximum atomic E-state index is 12.2. The average molecular weight is 352 g/mol. The van der Waals surface area contributed by atoms with E-state index in [-0.39, 0.29) is 12.0 Å². The van der Waals surface area contributed by atoms with Crippen molar-refractivity contribution in [1.82, 2.24) is 4.72 Å². The molecule has 0 bridgehead atoms. The molecule has 0 radical (unpaired) electrons. The van der Waals surface area contributed by atoms with E-state index in [1.807, 2.05) is 12.1 Å². The second-order valence-corrected chi connectivity index (χ2v) is 9.79. The Morgan fingerprint density at radius 3 is 2.38 bits per heavy atom. The molecule has 2 atom stereocenters. The molecule has 2 aliphatic carbocycles. The third kappa shape index (κ3) is 4.51. The number of ether oxygens (including phenoxy) is 1. The van der Waals surface area contributed by atoms with Gasteiger partial charge < -0.3 is 4.74 Å². The Hall–Kier alpha value is -1.07. The lowest BCUT2D eigenvalue weighted by molar-refractivity contribution is 0.180. The number of sulfonamides is 1. The van der Waals surface area contributed by atoms with Crippen LogP contribution in [0.25, 0.3) is 0 Å². The van der Waals surface area contributed by atoms with Gasteiger partial charge in [-0.15, -0.1) is 0 Å². The Labute approximate surface area is 146 Å². The molecule has 4 nitrogen and oxygen atoms in total. The highest BCUT2D eigenvalue weighted by Crippen LogP contribution is 2.40. The number of benzene rings is 1. The van der Waals surface area contributed by atoms with Crippen LogP contribution in [0.3, 0.4) is 0 Å². The summed E-state index contributed by atoms with van der Waals surface area (Å²) in [7, 11) is -3.23. The van der Waals surface area contributed by atoms with Gasteiger partial charge in [-0.05, 0) is 63.1 Å². The van der Waals surface area contributed by atoms with Crippen LogP contribution >= 0.6 is 0 Å². The van der Waals surface area contributed by atoms with E-state index < -0.39 is 15.3 Å². The van der Waals surface area contributed by atoms with Gasteiger partial charge in [0.2, 0.25) is 10.0 Å². The molecule has 134 valence electrons. The average Bonchev–Trinajstić information content (AvgIpc) is 3.39. The van der Waals surface area contributed by atoms with Crippen molar-refractivity contribution in [3.8, 4) is 5.75 Å². The van der Waals surface area contributed by atoms with E-state index in [9.17, 15) is 8.42 Å². The Morgan fingerprint density at radius 2 is 1.75 bits per heavy atom. The van der Waals surface area contributed by atoms with Gasteiger partial charge in [0.05, 0.1) is 11.9 Å². The van der Waals surface area contributed by atoms with Gasteiger partial charge in [0.15, 0.2) is 0 Å². The highest BCUT2D eigenvalue weighted by atomic mass is 32.2. The molecule has 0 saturated heterocycles. The van der Waals surface area contributed by atoms with E-state index in [4.69, 9.17) is 4.74 Å². The smallest absolute Gasteiger partial charge is 0.214 e. The molecule has 0 aromatic heterocycles. The lowest BCUT2D eigenvalue weighted by Crippen LogP contribution is -2.46. The van der Waals surface area contributed by atoms with E-state index in [2.05, 4.69) is 16.9 Å². The monoisotopic (exact) mass is 351 g/mol. The summed E-state index contributed by atoms with van der Waals surface area (Å²) in [6, 6.07) is 8.41. The molecule has 0 aliphatic heterocycles. The summed E-state index contributed by atoms with van der Waals surface area (Å²) in [6.07, 6.45) is 6.76. The molecule has 24 heavy (non-hydrogen) atoms. The fourth-order valence-corrected chi connectivity index (χ4v) is 4.37. The first kappa shape index (κ1) is 17.7. The van der Waals surface area contributed by atoms with Crippen molar-refractivity contribution in [2.75, 3.05) is 6.61 Å². The molecule has 0 spiro atoms. The molecule has 3 rings (SSSR count). The first-order valence-electron chi connectivity index (χ1n) is 9.19. The van der Waals surface area contributed by atoms with E-state index in [1.54, 1.807) is 13.8 Å². The van der Waals surface area contributed by atoms with Crippen molar-refractivity contribution >= 4 is 10.0 Å². The zero-order chi connectivity index (χ0) is 17.2. The third-order valence-corrected chi connectivity index (χ3v) is 7.11. The predicted molar refractivity (Wildman–Crippen MR) is 96.8 cm³/mol. The van der Waals surface area contributed by atoms with Crippen molar-refractivity contribution in [3.63, 3.8) is 0 Å². The first-order chi connectivity index (χ1) is 11.5. The minimum atomic E-state index is -3.23. The summed E-state index contributed by atoms with van der Waals surface area (Å²) in [6.45, 7) is 4.02. The van der Waals surface area contributed by atoms with Crippen LogP contribution in [0.2, 0.25) is 0 Å². The molecule has 0 unspecified atom stereocenters. The number of hydrogen-bond acceptors (Lipinski definition) is 3. The van der Waals surface area contributed by atoms with E-state index in [1.165, 1.54) is 18.4 Å². The van der Waals surface area contributed by atoms with Gasteiger partial charge in [-0.3, -0.25) is 0 Å². The maximum absolute atomic E-state index is 12.2. The summed E-state index contributed by atoms with van der Waals surface area (Å²) in [5.41, 5.74) is 1.41. The second-order valence-electron chi connectivity index (χ2n) is 7.52. The van der Waals surface area contributed by atoms with Crippen LogP contribution in [0.1, 0.15) is 63.9 Å². The van der Waals surface area contributed by atoms with Crippen LogP contribution in [0.4, 0.5) is 0 Å². The topological polar surface area (TPSA) is 55.4 Å². The lowest BCUT2D eigenvalue weighted by Gasteiger charge is -2.32. The summed E-state index contributed by atoms with van der Waals surface area (Å²) in [4.78, 5) is 0. The molecule has 2 aliphatic rings. The molecule has 5 heteroatoms. The quantitative estimate of drug-likeness (QED) is 0.812. The van der Waals surface area contributed by atoms with Gasteiger partial charge in [-0.1, -0.05) is 25.0 Å². The minimum Gasteiger partial charge on any atom is -0.493 e. The molecule has 1 N–H and O–H groups in total. The Balaban J connectivity index is 1.57. The van der Waals surface area contributed by atoms with Gasteiger partial charge in [0, 0.05) is 12.0 Å². The standard InChI is InChI=1S/C19H29NO3S/c1-14(2)24(21,22)20-19-6-4-3-5-17(19)13-23-18-11-9-16(10-12-18)15-7-8-15/h9-12,14-15,17,19-20H,3-8,13H2,1-2H3/t17-,19+/m0/s1. The van der Waals surface area contributed by atoms with Crippen molar-refractivity contribution < 1.29 is 13.2 Å². The molecular weight excluding hydrogens is 322 g/mol. The van der Waals surface area contributed by atoms with Gasteiger partial charge in [0.1, 0.15) is 5.75 Å². The Kier molecular flexibility index (Phi) is 5.50. The van der Waals surface area contributed by atoms with Crippen molar-refractivity contribution in [2.45, 2.75) is 69.6 Å². The summed E-state index contributed by atoms with van der Waals surface area (Å²) in [5, 5.41) is -0.393. The first-order valence-corrected chi connectivity index (χ1v) is 10.7.